The standard InChI is InChI=1S/C15H14FN3O4S2/c1-15(2,3)23-14(20)19(13-8-24(9-18-13)25(21)22)11-4-5-12(16)10(6-11)7-17/h4-6,8-9H,1-3H3. The second-order valence-electron chi connectivity index (χ2n) is 5.83. The molecule has 1 atom stereocenters. The number of aliphatic imine (C=N–C) groups is 1. The monoisotopic (exact) mass is 383 g/mol. The third kappa shape index (κ3) is 4.52. The van der Waals surface area contributed by atoms with Crippen LogP contribution < -0.4 is 4.90 Å². The summed E-state index contributed by atoms with van der Waals surface area (Å²) in [7, 11) is -3.70. The number of nitrogens with zero attached hydrogens (tertiary/aromatic N) is 3. The first-order valence-electron chi connectivity index (χ1n) is 6.93. The molecule has 1 unspecified atom stereocenters. The van der Waals surface area contributed by atoms with E-state index < -0.39 is 36.2 Å². The number of anilines is 1. The Hall–Kier alpha value is -2.51. The highest BCUT2D eigenvalue weighted by atomic mass is 32.9. The smallest absolute Gasteiger partial charge is 0.420 e. The van der Waals surface area contributed by atoms with Gasteiger partial charge in [0.05, 0.1) is 16.8 Å². The van der Waals surface area contributed by atoms with Crippen molar-refractivity contribution in [1.82, 2.24) is 0 Å². The van der Waals surface area contributed by atoms with Crippen LogP contribution in [0, 0.1) is 17.1 Å². The summed E-state index contributed by atoms with van der Waals surface area (Å²) in [6.45, 7) is 4.99. The zero-order valence-corrected chi connectivity index (χ0v) is 15.2. The second-order valence-corrected chi connectivity index (χ2v) is 9.32. The van der Waals surface area contributed by atoms with E-state index in [1.54, 1.807) is 26.8 Å². The van der Waals surface area contributed by atoms with E-state index in [2.05, 4.69) is 4.99 Å². The van der Waals surface area contributed by atoms with Gasteiger partial charge in [-0.1, -0.05) is 0 Å². The van der Waals surface area contributed by atoms with E-state index in [-0.39, 0.29) is 17.1 Å². The fourth-order valence-corrected chi connectivity index (χ4v) is 3.46. The number of hydrogen-bond acceptors (Lipinski definition) is 6. The predicted molar refractivity (Wildman–Crippen MR) is 92.7 cm³/mol. The molecule has 0 aliphatic carbocycles. The number of carbonyl (C=O) groups excluding carboxylic acids is 1. The molecule has 1 amide bonds. The molecule has 25 heavy (non-hydrogen) atoms. The summed E-state index contributed by atoms with van der Waals surface area (Å²) in [5.41, 5.74) is 0.238. The van der Waals surface area contributed by atoms with Crippen LogP contribution in [-0.4, -0.2) is 25.7 Å². The molecule has 0 fully saturated rings. The normalized spacial score (nSPS) is 16.1. The maximum Gasteiger partial charge on any atom is 0.420 e. The van der Waals surface area contributed by atoms with Crippen LogP contribution in [-0.2, 0) is 23.5 Å². The fourth-order valence-electron chi connectivity index (χ4n) is 1.83. The minimum atomic E-state index is -2.42. The lowest BCUT2D eigenvalue weighted by molar-refractivity contribution is 0.0592. The Morgan fingerprint density at radius 3 is 2.60 bits per heavy atom. The largest absolute Gasteiger partial charge is 0.443 e. The van der Waals surface area contributed by atoms with Crippen LogP contribution in [0.3, 0.4) is 0 Å². The SMILES string of the molecule is CC(C)(C)OC(=O)N(C1=CS(=S(=O)=O)C=N1)c1ccc(F)c(C#N)c1. The molecule has 7 nitrogen and oxygen atoms in total. The molecule has 2 rings (SSSR count). The average Bonchev–Trinajstić information content (AvgIpc) is 2.97. The van der Waals surface area contributed by atoms with Gasteiger partial charge in [0.15, 0.2) is 0 Å². The van der Waals surface area contributed by atoms with Gasteiger partial charge >= 0.3 is 6.09 Å². The Balaban J connectivity index is 2.57. The zero-order valence-electron chi connectivity index (χ0n) is 13.6. The van der Waals surface area contributed by atoms with Crippen LogP contribution in [0.4, 0.5) is 14.9 Å². The van der Waals surface area contributed by atoms with Crippen LogP contribution in [0.1, 0.15) is 26.3 Å². The average molecular weight is 383 g/mol. The third-order valence-electron chi connectivity index (χ3n) is 2.80. The van der Waals surface area contributed by atoms with E-state index in [0.717, 1.165) is 11.0 Å². The molecular weight excluding hydrogens is 369 g/mol. The van der Waals surface area contributed by atoms with Gasteiger partial charge in [-0.05, 0) is 39.0 Å². The van der Waals surface area contributed by atoms with Gasteiger partial charge in [0.1, 0.15) is 23.3 Å². The van der Waals surface area contributed by atoms with Crippen molar-refractivity contribution in [3.63, 3.8) is 0 Å². The second kappa shape index (κ2) is 7.16. The van der Waals surface area contributed by atoms with Crippen LogP contribution in [0.5, 0.6) is 0 Å². The highest BCUT2D eigenvalue weighted by molar-refractivity contribution is 8.42. The molecule has 0 aromatic heterocycles. The summed E-state index contributed by atoms with van der Waals surface area (Å²) in [5.74, 6) is -0.711. The Morgan fingerprint density at radius 2 is 2.08 bits per heavy atom. The minimum absolute atomic E-state index is 0.0253. The van der Waals surface area contributed by atoms with Gasteiger partial charge in [-0.2, -0.15) is 13.7 Å². The molecule has 1 aliphatic heterocycles. The summed E-state index contributed by atoms with van der Waals surface area (Å²) in [6.07, 6.45) is -0.825. The molecule has 10 heteroatoms. The summed E-state index contributed by atoms with van der Waals surface area (Å²) in [5, 5.41) is 10.3. The lowest BCUT2D eigenvalue weighted by Crippen LogP contribution is -2.35. The first-order chi connectivity index (χ1) is 11.6. The molecule has 1 aliphatic rings. The minimum Gasteiger partial charge on any atom is -0.443 e. The van der Waals surface area contributed by atoms with Crippen molar-refractivity contribution in [3.8, 4) is 6.07 Å². The van der Waals surface area contributed by atoms with Crippen molar-refractivity contribution < 1.29 is 22.3 Å². The fraction of sp³-hybridized carbons (Fsp3) is 0.267. The van der Waals surface area contributed by atoms with Crippen LogP contribution >= 0.6 is 0 Å². The van der Waals surface area contributed by atoms with E-state index >= 15 is 0 Å². The number of hydrogen-bond donors (Lipinski definition) is 0. The summed E-state index contributed by atoms with van der Waals surface area (Å²) in [4.78, 5) is 17.5. The van der Waals surface area contributed by atoms with Gasteiger partial charge in [0, 0.05) is 14.9 Å². The quantitative estimate of drug-likeness (QED) is 0.782. The topological polar surface area (TPSA) is 99.8 Å². The maximum absolute atomic E-state index is 13.6. The van der Waals surface area contributed by atoms with Crippen LogP contribution in [0.15, 0.2) is 34.4 Å². The molecule has 1 aromatic rings. The Kier molecular flexibility index (Phi) is 5.39. The van der Waals surface area contributed by atoms with Gasteiger partial charge in [-0.3, -0.25) is 0 Å². The highest BCUT2D eigenvalue weighted by Gasteiger charge is 2.28. The molecule has 132 valence electrons. The molecule has 0 radical (unpaired) electrons. The van der Waals surface area contributed by atoms with E-state index in [1.165, 1.54) is 23.1 Å². The zero-order chi connectivity index (χ0) is 18.8. The van der Waals surface area contributed by atoms with Crippen molar-refractivity contribution in [2.75, 3.05) is 4.90 Å². The molecule has 1 aromatic carbocycles. The van der Waals surface area contributed by atoms with E-state index in [0.29, 0.717) is 0 Å². The number of rotatable bonds is 2. The number of amides is 1. The molecule has 0 saturated carbocycles. The van der Waals surface area contributed by atoms with E-state index in [1.807, 2.05) is 0 Å². The van der Waals surface area contributed by atoms with Crippen molar-refractivity contribution >= 4 is 36.0 Å². The van der Waals surface area contributed by atoms with Gasteiger partial charge in [-0.25, -0.2) is 19.1 Å². The van der Waals surface area contributed by atoms with Crippen LogP contribution in [0.2, 0.25) is 0 Å². The van der Waals surface area contributed by atoms with Crippen molar-refractivity contribution in [2.45, 2.75) is 26.4 Å². The molecule has 0 saturated heterocycles. The predicted octanol–water partition coefficient (Wildman–Crippen LogP) is 2.69. The van der Waals surface area contributed by atoms with Crippen LogP contribution in [0.25, 0.3) is 0 Å². The van der Waals surface area contributed by atoms with Crippen molar-refractivity contribution in [2.24, 2.45) is 4.99 Å². The third-order valence-corrected chi connectivity index (χ3v) is 5.36. The number of halogens is 1. The molecule has 0 bridgehead atoms. The first-order valence-corrected chi connectivity index (χ1v) is 9.87. The van der Waals surface area contributed by atoms with E-state index in [9.17, 15) is 17.6 Å². The number of carbonyl (C=O) groups is 1. The first kappa shape index (κ1) is 18.8. The van der Waals surface area contributed by atoms with Crippen molar-refractivity contribution in [3.05, 3.63) is 40.8 Å². The Morgan fingerprint density at radius 1 is 1.40 bits per heavy atom. The van der Waals surface area contributed by atoms with Gasteiger partial charge in [0.2, 0.25) is 9.26 Å². The van der Waals surface area contributed by atoms with Crippen molar-refractivity contribution in [1.29, 1.82) is 5.26 Å². The summed E-state index contributed by atoms with van der Waals surface area (Å²) in [6, 6.07) is 5.17. The number of ether oxygens (including phenoxy) is 1. The molecule has 0 N–H and O–H groups in total. The summed E-state index contributed by atoms with van der Waals surface area (Å²) >= 11 is 0. The highest BCUT2D eigenvalue weighted by Crippen LogP contribution is 2.27. The number of nitriles is 1. The number of benzene rings is 1. The molecule has 1 heterocycles. The van der Waals surface area contributed by atoms with Gasteiger partial charge in [-0.15, -0.1) is 0 Å². The Bertz CT molecular complexity index is 961. The maximum atomic E-state index is 13.6. The molecular formula is C15H14FN3O4S2. The molecule has 0 spiro atoms. The van der Waals surface area contributed by atoms with Gasteiger partial charge in [0.25, 0.3) is 0 Å². The summed E-state index contributed by atoms with van der Waals surface area (Å²) < 4.78 is 41.1. The lowest BCUT2D eigenvalue weighted by Gasteiger charge is -2.27. The van der Waals surface area contributed by atoms with Gasteiger partial charge < -0.3 is 4.74 Å². The van der Waals surface area contributed by atoms with E-state index in [4.69, 9.17) is 10.00 Å². The lowest BCUT2D eigenvalue weighted by atomic mass is 10.2. The Labute approximate surface area is 147 Å².